The normalized spacial score (nSPS) is 14.9. The number of carbonyl (C=O) groups excluding carboxylic acids is 2. The number of aromatic hydroxyl groups is 1. The highest BCUT2D eigenvalue weighted by molar-refractivity contribution is 6.21. The number of phenolic OH excluding ortho intramolecular Hbond substituents is 1. The Labute approximate surface area is 165 Å². The van der Waals surface area contributed by atoms with Crippen molar-refractivity contribution >= 4 is 18.0 Å². The zero-order chi connectivity index (χ0) is 20.9. The van der Waals surface area contributed by atoms with E-state index in [1.807, 2.05) is 53.7 Å². The largest absolute Gasteiger partial charge is 0.507 e. The smallest absolute Gasteiger partial charge is 0.282 e. The maximum absolute atomic E-state index is 12.5. The van der Waals surface area contributed by atoms with Gasteiger partial charge in [-0.05, 0) is 40.7 Å². The van der Waals surface area contributed by atoms with Crippen LogP contribution in [-0.4, -0.2) is 28.1 Å². The Morgan fingerprint density at radius 1 is 0.857 bits per heavy atom. The lowest BCUT2D eigenvalue weighted by atomic mass is 9.78. The number of imide groups is 1. The molecule has 0 aliphatic carbocycles. The minimum Gasteiger partial charge on any atom is -0.507 e. The summed E-state index contributed by atoms with van der Waals surface area (Å²) in [7, 11) is 0. The molecule has 1 aliphatic rings. The average molecular weight is 378 g/mol. The van der Waals surface area contributed by atoms with E-state index in [4.69, 9.17) is 0 Å². The van der Waals surface area contributed by atoms with Gasteiger partial charge in [-0.15, -0.1) is 0 Å². The maximum Gasteiger partial charge on any atom is 0.282 e. The molecule has 2 amide bonds. The number of benzene rings is 2. The Balaban J connectivity index is 2.04. The Morgan fingerprint density at radius 2 is 1.29 bits per heavy atom. The van der Waals surface area contributed by atoms with Crippen molar-refractivity contribution in [2.24, 2.45) is 5.10 Å². The molecule has 0 fully saturated rings. The van der Waals surface area contributed by atoms with Gasteiger partial charge in [0.1, 0.15) is 5.75 Å². The van der Waals surface area contributed by atoms with Crippen LogP contribution >= 0.6 is 0 Å². The second-order valence-corrected chi connectivity index (χ2v) is 9.18. The monoisotopic (exact) mass is 378 g/mol. The van der Waals surface area contributed by atoms with Crippen molar-refractivity contribution in [1.29, 1.82) is 0 Å². The summed E-state index contributed by atoms with van der Waals surface area (Å²) < 4.78 is 0. The molecule has 0 bridgehead atoms. The van der Waals surface area contributed by atoms with E-state index in [9.17, 15) is 14.7 Å². The van der Waals surface area contributed by atoms with E-state index in [0.717, 1.165) is 21.7 Å². The molecule has 2 aromatic rings. The van der Waals surface area contributed by atoms with Gasteiger partial charge in [0.05, 0.1) is 17.3 Å². The Hall–Kier alpha value is -2.95. The molecule has 0 atom stereocenters. The zero-order valence-electron chi connectivity index (χ0n) is 17.2. The van der Waals surface area contributed by atoms with Gasteiger partial charge in [0.2, 0.25) is 0 Å². The van der Waals surface area contributed by atoms with Crippen LogP contribution in [0.15, 0.2) is 41.5 Å². The van der Waals surface area contributed by atoms with Crippen LogP contribution in [0.4, 0.5) is 0 Å². The molecule has 0 aromatic heterocycles. The Bertz CT molecular complexity index is 922. The number of carbonyl (C=O) groups is 2. The fraction of sp³-hybridized carbons (Fsp3) is 0.348. The minimum absolute atomic E-state index is 0.274. The summed E-state index contributed by atoms with van der Waals surface area (Å²) in [6, 6.07) is 10.4. The molecular weight excluding hydrogens is 352 g/mol. The van der Waals surface area contributed by atoms with Gasteiger partial charge in [0.25, 0.3) is 11.8 Å². The molecule has 2 aromatic carbocycles. The molecule has 5 nitrogen and oxygen atoms in total. The first-order valence-electron chi connectivity index (χ1n) is 9.31. The van der Waals surface area contributed by atoms with E-state index in [-0.39, 0.29) is 16.6 Å². The van der Waals surface area contributed by atoms with Crippen molar-refractivity contribution in [2.75, 3.05) is 0 Å². The fourth-order valence-electron chi connectivity index (χ4n) is 3.28. The highest BCUT2D eigenvalue weighted by Crippen LogP contribution is 2.39. The van der Waals surface area contributed by atoms with Crippen molar-refractivity contribution in [2.45, 2.75) is 52.4 Å². The number of nitrogens with zero attached hydrogens (tertiary/aromatic N) is 2. The van der Waals surface area contributed by atoms with Crippen LogP contribution < -0.4 is 0 Å². The van der Waals surface area contributed by atoms with E-state index < -0.39 is 11.8 Å². The van der Waals surface area contributed by atoms with Crippen LogP contribution in [0.3, 0.4) is 0 Å². The molecule has 0 saturated heterocycles. The summed E-state index contributed by atoms with van der Waals surface area (Å²) in [6.07, 6.45) is 1.51. The van der Waals surface area contributed by atoms with Gasteiger partial charge in [-0.2, -0.15) is 10.1 Å². The molecular formula is C23H26N2O3. The van der Waals surface area contributed by atoms with Gasteiger partial charge in [-0.3, -0.25) is 9.59 Å². The Kier molecular flexibility index (Phi) is 4.66. The number of hydrogen-bond donors (Lipinski definition) is 1. The lowest BCUT2D eigenvalue weighted by Gasteiger charge is -2.27. The lowest BCUT2D eigenvalue weighted by Crippen LogP contribution is -2.24. The van der Waals surface area contributed by atoms with Crippen molar-refractivity contribution in [3.63, 3.8) is 0 Å². The molecule has 0 saturated carbocycles. The number of hydrazone groups is 1. The second kappa shape index (κ2) is 6.59. The number of fused-ring (bicyclic) bond motifs is 1. The van der Waals surface area contributed by atoms with Crippen molar-refractivity contribution in [1.82, 2.24) is 5.01 Å². The second-order valence-electron chi connectivity index (χ2n) is 9.18. The van der Waals surface area contributed by atoms with Gasteiger partial charge in [0.15, 0.2) is 0 Å². The van der Waals surface area contributed by atoms with Crippen LogP contribution in [0.5, 0.6) is 5.75 Å². The van der Waals surface area contributed by atoms with Crippen molar-refractivity contribution < 1.29 is 14.7 Å². The molecule has 5 heteroatoms. The molecule has 0 radical (unpaired) electrons. The summed E-state index contributed by atoms with van der Waals surface area (Å²) in [5, 5.41) is 15.9. The Morgan fingerprint density at radius 3 is 1.68 bits per heavy atom. The molecule has 1 aliphatic heterocycles. The predicted molar refractivity (Wildman–Crippen MR) is 110 cm³/mol. The van der Waals surface area contributed by atoms with Crippen LogP contribution in [0, 0.1) is 0 Å². The highest BCUT2D eigenvalue weighted by atomic mass is 16.3. The van der Waals surface area contributed by atoms with Gasteiger partial charge in [0, 0.05) is 11.1 Å². The van der Waals surface area contributed by atoms with Crippen LogP contribution in [0.2, 0.25) is 0 Å². The van der Waals surface area contributed by atoms with Crippen molar-refractivity contribution in [3.8, 4) is 5.75 Å². The highest BCUT2D eigenvalue weighted by Gasteiger charge is 2.35. The van der Waals surface area contributed by atoms with E-state index >= 15 is 0 Å². The van der Waals surface area contributed by atoms with E-state index in [0.29, 0.717) is 11.1 Å². The number of phenols is 1. The summed E-state index contributed by atoms with van der Waals surface area (Å²) >= 11 is 0. The van der Waals surface area contributed by atoms with E-state index in [2.05, 4.69) is 5.10 Å². The minimum atomic E-state index is -0.428. The lowest BCUT2D eigenvalue weighted by molar-refractivity contribution is 0.0660. The maximum atomic E-state index is 12.5. The number of hydrogen-bond acceptors (Lipinski definition) is 4. The summed E-state index contributed by atoms with van der Waals surface area (Å²) in [6.45, 7) is 12.2. The molecule has 146 valence electrons. The number of amides is 2. The van der Waals surface area contributed by atoms with E-state index in [1.54, 1.807) is 24.3 Å². The van der Waals surface area contributed by atoms with Crippen LogP contribution in [0.25, 0.3) is 0 Å². The summed E-state index contributed by atoms with van der Waals surface area (Å²) in [4.78, 5) is 25.0. The standard InChI is InChI=1S/C23H26N2O3/c1-22(2,3)17-11-14(12-18(19(17)26)23(4,5)6)13-24-25-20(27)15-9-7-8-10-16(15)21(25)28/h7-13,26H,1-6H3/b24-13-. The summed E-state index contributed by atoms with van der Waals surface area (Å²) in [5.41, 5.74) is 2.49. The third kappa shape index (κ3) is 3.44. The number of rotatable bonds is 2. The quantitative estimate of drug-likeness (QED) is 0.612. The van der Waals surface area contributed by atoms with Crippen molar-refractivity contribution in [3.05, 3.63) is 64.2 Å². The SMILES string of the molecule is CC(C)(C)c1cc(/C=N\N2C(=O)c3ccccc3C2=O)cc(C(C)(C)C)c1O. The molecule has 3 rings (SSSR count). The average Bonchev–Trinajstić information content (AvgIpc) is 2.83. The first-order valence-corrected chi connectivity index (χ1v) is 9.31. The van der Waals surface area contributed by atoms with Gasteiger partial charge in [-0.1, -0.05) is 53.7 Å². The molecule has 0 spiro atoms. The molecule has 1 N–H and O–H groups in total. The molecule has 1 heterocycles. The van der Waals surface area contributed by atoms with Gasteiger partial charge >= 0.3 is 0 Å². The third-order valence-electron chi connectivity index (χ3n) is 4.84. The summed E-state index contributed by atoms with van der Waals surface area (Å²) in [5.74, 6) is -0.580. The van der Waals surface area contributed by atoms with Gasteiger partial charge in [-0.25, -0.2) is 0 Å². The topological polar surface area (TPSA) is 70.0 Å². The van der Waals surface area contributed by atoms with Gasteiger partial charge < -0.3 is 5.11 Å². The molecule has 0 unspecified atom stereocenters. The van der Waals surface area contributed by atoms with E-state index in [1.165, 1.54) is 6.21 Å². The predicted octanol–water partition coefficient (Wildman–Crippen LogP) is 4.62. The zero-order valence-corrected chi connectivity index (χ0v) is 17.2. The first-order chi connectivity index (χ1) is 12.9. The molecule has 28 heavy (non-hydrogen) atoms. The van der Waals surface area contributed by atoms with Crippen LogP contribution in [-0.2, 0) is 10.8 Å². The fourth-order valence-corrected chi connectivity index (χ4v) is 3.28. The van der Waals surface area contributed by atoms with Crippen LogP contribution in [0.1, 0.15) is 78.9 Å². The first kappa shape index (κ1) is 19.8. The third-order valence-corrected chi connectivity index (χ3v) is 4.84.